The molecule has 18 heavy (non-hydrogen) atoms. The molecule has 1 aromatic rings. The van der Waals surface area contributed by atoms with Crippen LogP contribution < -0.4 is 5.32 Å². The zero-order chi connectivity index (χ0) is 12.2. The summed E-state index contributed by atoms with van der Waals surface area (Å²) in [6, 6.07) is 0. The zero-order valence-corrected chi connectivity index (χ0v) is 10.8. The van der Waals surface area contributed by atoms with E-state index in [4.69, 9.17) is 4.74 Å². The lowest BCUT2D eigenvalue weighted by Crippen LogP contribution is -2.39. The number of aromatic nitrogens is 3. The van der Waals surface area contributed by atoms with Gasteiger partial charge < -0.3 is 10.1 Å². The maximum absolute atomic E-state index is 5.69. The SMILES string of the molecule is C1CCC(c2n[nH]c(CC3CNCCO3)n2)CC1. The summed E-state index contributed by atoms with van der Waals surface area (Å²) < 4.78 is 5.69. The average Bonchev–Trinajstić information content (AvgIpc) is 2.89. The third-order valence-electron chi connectivity index (χ3n) is 3.94. The molecule has 5 heteroatoms. The molecule has 0 aromatic carbocycles. The van der Waals surface area contributed by atoms with Gasteiger partial charge in [-0.05, 0) is 12.8 Å². The second-order valence-electron chi connectivity index (χ2n) is 5.38. The summed E-state index contributed by atoms with van der Waals surface area (Å²) in [7, 11) is 0. The average molecular weight is 250 g/mol. The quantitative estimate of drug-likeness (QED) is 0.851. The van der Waals surface area contributed by atoms with Gasteiger partial charge >= 0.3 is 0 Å². The van der Waals surface area contributed by atoms with Crippen molar-refractivity contribution in [1.82, 2.24) is 20.5 Å². The van der Waals surface area contributed by atoms with Crippen LogP contribution in [0.15, 0.2) is 0 Å². The predicted molar refractivity (Wildman–Crippen MR) is 68.5 cm³/mol. The van der Waals surface area contributed by atoms with Crippen molar-refractivity contribution in [2.24, 2.45) is 0 Å². The lowest BCUT2D eigenvalue weighted by Gasteiger charge is -2.22. The van der Waals surface area contributed by atoms with Crippen molar-refractivity contribution in [2.45, 2.75) is 50.5 Å². The molecule has 1 saturated carbocycles. The number of rotatable bonds is 3. The first kappa shape index (κ1) is 12.1. The van der Waals surface area contributed by atoms with E-state index in [2.05, 4.69) is 20.5 Å². The van der Waals surface area contributed by atoms with Gasteiger partial charge in [-0.1, -0.05) is 19.3 Å². The van der Waals surface area contributed by atoms with E-state index in [9.17, 15) is 0 Å². The van der Waals surface area contributed by atoms with E-state index in [1.54, 1.807) is 0 Å². The molecular weight excluding hydrogens is 228 g/mol. The van der Waals surface area contributed by atoms with Crippen LogP contribution >= 0.6 is 0 Å². The molecule has 2 N–H and O–H groups in total. The first-order valence-electron chi connectivity index (χ1n) is 7.15. The number of aromatic amines is 1. The van der Waals surface area contributed by atoms with E-state index in [-0.39, 0.29) is 6.10 Å². The van der Waals surface area contributed by atoms with E-state index >= 15 is 0 Å². The second-order valence-corrected chi connectivity index (χ2v) is 5.38. The minimum Gasteiger partial charge on any atom is -0.375 e. The molecule has 1 unspecified atom stereocenters. The van der Waals surface area contributed by atoms with Crippen LogP contribution in [0.25, 0.3) is 0 Å². The normalized spacial score (nSPS) is 26.3. The van der Waals surface area contributed by atoms with Crippen LogP contribution in [0.3, 0.4) is 0 Å². The van der Waals surface area contributed by atoms with Gasteiger partial charge in [0.1, 0.15) is 5.82 Å². The van der Waals surface area contributed by atoms with Gasteiger partial charge in [-0.3, -0.25) is 5.10 Å². The maximum atomic E-state index is 5.69. The van der Waals surface area contributed by atoms with Crippen LogP contribution in [0.4, 0.5) is 0 Å². The molecule has 2 fully saturated rings. The molecule has 1 saturated heterocycles. The summed E-state index contributed by atoms with van der Waals surface area (Å²) in [5.74, 6) is 2.58. The van der Waals surface area contributed by atoms with Crippen LogP contribution in [-0.4, -0.2) is 41.0 Å². The van der Waals surface area contributed by atoms with Crippen LogP contribution in [0.5, 0.6) is 0 Å². The fraction of sp³-hybridized carbons (Fsp3) is 0.846. The maximum Gasteiger partial charge on any atom is 0.153 e. The Morgan fingerprint density at radius 1 is 1.22 bits per heavy atom. The molecular formula is C13H22N4O. The lowest BCUT2D eigenvalue weighted by atomic mass is 9.89. The monoisotopic (exact) mass is 250 g/mol. The number of hydrogen-bond acceptors (Lipinski definition) is 4. The Bertz CT molecular complexity index is 367. The van der Waals surface area contributed by atoms with Gasteiger partial charge in [0, 0.05) is 25.4 Å². The molecule has 5 nitrogen and oxygen atoms in total. The third kappa shape index (κ3) is 2.90. The summed E-state index contributed by atoms with van der Waals surface area (Å²) in [6.07, 6.45) is 7.60. The van der Waals surface area contributed by atoms with E-state index in [1.807, 2.05) is 0 Å². The highest BCUT2D eigenvalue weighted by atomic mass is 16.5. The second kappa shape index (κ2) is 5.80. The topological polar surface area (TPSA) is 62.8 Å². The number of H-pyrrole nitrogens is 1. The fourth-order valence-electron chi connectivity index (χ4n) is 2.91. The van der Waals surface area contributed by atoms with Crippen LogP contribution in [0, 0.1) is 0 Å². The van der Waals surface area contributed by atoms with Crippen LogP contribution in [0.1, 0.15) is 49.7 Å². The molecule has 0 radical (unpaired) electrons. The molecule has 2 aliphatic rings. The van der Waals surface area contributed by atoms with E-state index in [0.29, 0.717) is 5.92 Å². The summed E-state index contributed by atoms with van der Waals surface area (Å²) in [5.41, 5.74) is 0. The number of nitrogens with one attached hydrogen (secondary N) is 2. The minimum absolute atomic E-state index is 0.242. The van der Waals surface area contributed by atoms with Crippen molar-refractivity contribution in [3.05, 3.63) is 11.6 Å². The highest BCUT2D eigenvalue weighted by molar-refractivity contribution is 5.00. The smallest absolute Gasteiger partial charge is 0.153 e. The molecule has 1 aromatic heterocycles. The molecule has 0 spiro atoms. The number of nitrogens with zero attached hydrogens (tertiary/aromatic N) is 2. The Kier molecular flexibility index (Phi) is 3.90. The molecule has 0 bridgehead atoms. The van der Waals surface area contributed by atoms with E-state index < -0.39 is 0 Å². The predicted octanol–water partition coefficient (Wildman–Crippen LogP) is 1.38. The van der Waals surface area contributed by atoms with Gasteiger partial charge in [0.15, 0.2) is 5.82 Å². The zero-order valence-electron chi connectivity index (χ0n) is 10.8. The van der Waals surface area contributed by atoms with Gasteiger partial charge in [-0.15, -0.1) is 0 Å². The Hall–Kier alpha value is -0.940. The molecule has 1 atom stereocenters. The first-order chi connectivity index (χ1) is 8.92. The number of ether oxygens (including phenoxy) is 1. The van der Waals surface area contributed by atoms with E-state index in [1.165, 1.54) is 32.1 Å². The summed E-state index contributed by atoms with van der Waals surface area (Å²) in [4.78, 5) is 4.65. The van der Waals surface area contributed by atoms with Crippen LogP contribution in [-0.2, 0) is 11.2 Å². The fourth-order valence-corrected chi connectivity index (χ4v) is 2.91. The van der Waals surface area contributed by atoms with Gasteiger partial charge in [-0.25, -0.2) is 4.98 Å². The number of morpholine rings is 1. The van der Waals surface area contributed by atoms with Gasteiger partial charge in [0.05, 0.1) is 12.7 Å². The molecule has 1 aliphatic heterocycles. The first-order valence-corrected chi connectivity index (χ1v) is 7.15. The summed E-state index contributed by atoms with van der Waals surface area (Å²) in [5, 5.41) is 10.8. The van der Waals surface area contributed by atoms with Crippen molar-refractivity contribution < 1.29 is 4.74 Å². The molecule has 1 aliphatic carbocycles. The van der Waals surface area contributed by atoms with Crippen molar-refractivity contribution in [3.63, 3.8) is 0 Å². The molecule has 100 valence electrons. The number of hydrogen-bond donors (Lipinski definition) is 2. The van der Waals surface area contributed by atoms with Crippen LogP contribution in [0.2, 0.25) is 0 Å². The Labute approximate surface area is 108 Å². The Balaban J connectivity index is 1.58. The molecule has 3 rings (SSSR count). The highest BCUT2D eigenvalue weighted by Crippen LogP contribution is 2.30. The Morgan fingerprint density at radius 2 is 2.11 bits per heavy atom. The standard InChI is InChI=1S/C13H22N4O/c1-2-4-10(5-3-1)13-15-12(16-17-13)8-11-9-14-6-7-18-11/h10-11,14H,1-9H2,(H,15,16,17). The highest BCUT2D eigenvalue weighted by Gasteiger charge is 2.21. The van der Waals surface area contributed by atoms with Gasteiger partial charge in [-0.2, -0.15) is 5.10 Å². The van der Waals surface area contributed by atoms with Gasteiger partial charge in [0.25, 0.3) is 0 Å². The summed E-state index contributed by atoms with van der Waals surface area (Å²) in [6.45, 7) is 2.67. The lowest BCUT2D eigenvalue weighted by molar-refractivity contribution is 0.0281. The third-order valence-corrected chi connectivity index (χ3v) is 3.94. The van der Waals surface area contributed by atoms with Crippen molar-refractivity contribution in [3.8, 4) is 0 Å². The van der Waals surface area contributed by atoms with Gasteiger partial charge in [0.2, 0.25) is 0 Å². The van der Waals surface area contributed by atoms with E-state index in [0.717, 1.165) is 37.8 Å². The van der Waals surface area contributed by atoms with Crippen molar-refractivity contribution in [2.75, 3.05) is 19.7 Å². The Morgan fingerprint density at radius 3 is 2.89 bits per heavy atom. The minimum atomic E-state index is 0.242. The largest absolute Gasteiger partial charge is 0.375 e. The molecule has 2 heterocycles. The van der Waals surface area contributed by atoms with Crippen molar-refractivity contribution >= 4 is 0 Å². The van der Waals surface area contributed by atoms with Crippen molar-refractivity contribution in [1.29, 1.82) is 0 Å². The molecule has 0 amide bonds. The summed E-state index contributed by atoms with van der Waals surface area (Å²) >= 11 is 0.